The Kier molecular flexibility index (Phi) is 37.4. The van der Waals surface area contributed by atoms with Crippen LogP contribution in [0.2, 0.25) is 0 Å². The lowest BCUT2D eigenvalue weighted by Gasteiger charge is -2.51. The fourth-order valence-electron chi connectivity index (χ4n) is 15.6. The molecular weight excluding hydrogens is 1680 g/mol. The van der Waals surface area contributed by atoms with E-state index in [1.807, 2.05) is 0 Å². The van der Waals surface area contributed by atoms with Gasteiger partial charge in [0.15, 0.2) is 62.9 Å². The molecule has 0 aliphatic carbocycles. The standard InChI is InChI=1S/C66H118N4O52/c67-13(1-71)28(83)48(14(82)2-72)114-57-25(68)34(89)51(21(9-79)108-57)117-64-47(102)54(120-66-56(40(95)32(87)18(6-76)107-66)122-59-27(70)36(91)50(20(8-78)110-59)116-63-46(101)42(97)53(23(11-81)112-63)119-61-44(99)38(93)30(85)16(4-74)105-61)33(88)24(113-64)12-103-65-55(39(94)31(86)17(5-75)106-65)121-58-26(69)35(90)49(19(7-77)109-58)115-62-45(100)41(96)52(22(10-80)111-62)118-60-43(98)37(92)29(84)15(3-73)104-60/h13-66,71-102H,1-12,67-70H2/t13-,14+,15+,16+,17+,18+,19+,20+,21+,22+,23+,24+,25+,26+,27+,28+,29-,30-,31+,32+,33+,34+,35+,36+,37-,38-,39-,40-,41+,42+,43+,44+,45+,46+,47-,48+,49+,50+,51+,52-,53-,54-,55-,56-,57+,58+,59+,60+,61+,62-,63-,64-,65-,66+/m0/s1. The van der Waals surface area contributed by atoms with Crippen molar-refractivity contribution in [3.8, 4) is 0 Å². The van der Waals surface area contributed by atoms with Gasteiger partial charge in [0.25, 0.3) is 0 Å². The van der Waals surface area contributed by atoms with Gasteiger partial charge in [-0.1, -0.05) is 0 Å². The van der Waals surface area contributed by atoms with Crippen LogP contribution in [-0.4, -0.2) is 574 Å². The zero-order valence-electron chi connectivity index (χ0n) is 64.4. The third-order valence-electron chi connectivity index (χ3n) is 22.9. The van der Waals surface area contributed by atoms with Crippen LogP contribution < -0.4 is 22.9 Å². The fraction of sp³-hybridized carbons (Fsp3) is 1.00. The van der Waals surface area contributed by atoms with Crippen LogP contribution >= 0.6 is 0 Å². The molecule has 10 heterocycles. The minimum absolute atomic E-state index is 0.898. The van der Waals surface area contributed by atoms with Crippen LogP contribution in [0.3, 0.4) is 0 Å². The van der Waals surface area contributed by atoms with Gasteiger partial charge in [-0.05, 0) is 0 Å². The third kappa shape index (κ3) is 21.6. The van der Waals surface area contributed by atoms with E-state index in [0.717, 1.165) is 0 Å². The number of nitrogens with two attached hydrogens (primary N) is 4. The highest BCUT2D eigenvalue weighted by Gasteiger charge is 2.62. The molecule has 10 fully saturated rings. The van der Waals surface area contributed by atoms with Gasteiger partial charge < -0.3 is 281 Å². The lowest BCUT2D eigenvalue weighted by molar-refractivity contribution is -0.399. The van der Waals surface area contributed by atoms with E-state index in [2.05, 4.69) is 0 Å². The summed E-state index contributed by atoms with van der Waals surface area (Å²) in [6.07, 6.45) is -103. The van der Waals surface area contributed by atoms with Crippen molar-refractivity contribution < 1.29 is 258 Å². The van der Waals surface area contributed by atoms with Gasteiger partial charge in [0.1, 0.15) is 244 Å². The highest BCUT2D eigenvalue weighted by molar-refractivity contribution is 5.05. The van der Waals surface area contributed by atoms with Crippen LogP contribution in [0.4, 0.5) is 0 Å². The molecule has 10 aliphatic rings. The number of hydrogen-bond donors (Lipinski definition) is 36. The van der Waals surface area contributed by atoms with Gasteiger partial charge in [-0.2, -0.15) is 0 Å². The van der Waals surface area contributed by atoms with Crippen molar-refractivity contribution in [2.75, 3.05) is 79.3 Å². The number of ether oxygens (including phenoxy) is 20. The van der Waals surface area contributed by atoms with Gasteiger partial charge in [-0.15, -0.1) is 0 Å². The molecule has 122 heavy (non-hydrogen) atoms. The highest BCUT2D eigenvalue weighted by Crippen LogP contribution is 2.41. The van der Waals surface area contributed by atoms with Crippen LogP contribution in [0.15, 0.2) is 0 Å². The molecule has 10 rings (SSSR count). The topological polar surface area (TPSA) is 936 Å². The van der Waals surface area contributed by atoms with Crippen LogP contribution in [0.25, 0.3) is 0 Å². The first-order valence-electron chi connectivity index (χ1n) is 38.9. The Morgan fingerprint density at radius 2 is 0.484 bits per heavy atom. The Hall–Kier alpha value is -2.24. The molecule has 0 aromatic carbocycles. The Morgan fingerprint density at radius 3 is 0.836 bits per heavy atom. The van der Waals surface area contributed by atoms with Crippen LogP contribution in [-0.2, 0) is 94.7 Å². The Balaban J connectivity index is 0.890. The molecule has 40 N–H and O–H groups in total. The van der Waals surface area contributed by atoms with Gasteiger partial charge in [-0.25, -0.2) is 0 Å². The molecule has 56 nitrogen and oxygen atoms in total. The third-order valence-corrected chi connectivity index (χ3v) is 22.9. The van der Waals surface area contributed by atoms with Crippen LogP contribution in [0, 0.1) is 0 Å². The van der Waals surface area contributed by atoms with E-state index in [-0.39, 0.29) is 0 Å². The maximum absolute atomic E-state index is 12.5. The van der Waals surface area contributed by atoms with Crippen molar-refractivity contribution in [2.24, 2.45) is 22.9 Å². The lowest BCUT2D eigenvalue weighted by atomic mass is 9.94. The normalized spacial score (nSPS) is 51.0. The van der Waals surface area contributed by atoms with E-state index in [9.17, 15) is 163 Å². The molecular formula is C66H118N4O52. The van der Waals surface area contributed by atoms with E-state index >= 15 is 0 Å². The Labute approximate surface area is 689 Å². The molecule has 0 aromatic rings. The maximum atomic E-state index is 12.5. The highest BCUT2D eigenvalue weighted by atomic mass is 16.8. The first kappa shape index (κ1) is 102. The molecule has 10 saturated heterocycles. The second kappa shape index (κ2) is 44.8. The quantitative estimate of drug-likeness (QED) is 0.0280. The number of aliphatic hydroxyl groups excluding tert-OH is 32. The summed E-state index contributed by atoms with van der Waals surface area (Å²) in [7, 11) is 0. The fourth-order valence-corrected chi connectivity index (χ4v) is 15.6. The maximum Gasteiger partial charge on any atom is 0.187 e. The van der Waals surface area contributed by atoms with Crippen molar-refractivity contribution in [2.45, 2.75) is 331 Å². The molecule has 0 saturated carbocycles. The summed E-state index contributed by atoms with van der Waals surface area (Å²) < 4.78 is 117. The number of rotatable bonds is 35. The van der Waals surface area contributed by atoms with Crippen molar-refractivity contribution in [3.05, 3.63) is 0 Å². The molecule has 10 aliphatic heterocycles. The molecule has 0 amide bonds. The minimum atomic E-state index is -2.54. The molecule has 714 valence electrons. The minimum Gasteiger partial charge on any atom is -0.395 e. The Bertz CT molecular complexity index is 3080. The molecule has 54 atom stereocenters. The van der Waals surface area contributed by atoms with Crippen molar-refractivity contribution in [1.82, 2.24) is 0 Å². The van der Waals surface area contributed by atoms with Crippen LogP contribution in [0.1, 0.15) is 0 Å². The van der Waals surface area contributed by atoms with E-state index in [4.69, 9.17) is 118 Å². The van der Waals surface area contributed by atoms with Gasteiger partial charge in [-0.3, -0.25) is 0 Å². The Morgan fingerprint density at radius 1 is 0.230 bits per heavy atom. The predicted molar refractivity (Wildman–Crippen MR) is 372 cm³/mol. The number of aliphatic hydroxyl groups is 32. The van der Waals surface area contributed by atoms with E-state index in [0.29, 0.717) is 0 Å². The lowest BCUT2D eigenvalue weighted by Crippen LogP contribution is -2.70. The molecule has 0 aromatic heterocycles. The summed E-state index contributed by atoms with van der Waals surface area (Å²) >= 11 is 0. The largest absolute Gasteiger partial charge is 0.395 e. The second-order valence-corrected chi connectivity index (χ2v) is 31.0. The van der Waals surface area contributed by atoms with Crippen molar-refractivity contribution >= 4 is 0 Å². The predicted octanol–water partition coefficient (Wildman–Crippen LogP) is -25.5. The van der Waals surface area contributed by atoms with Gasteiger partial charge in [0.2, 0.25) is 0 Å². The van der Waals surface area contributed by atoms with E-state index in [1.165, 1.54) is 0 Å². The summed E-state index contributed by atoms with van der Waals surface area (Å²) in [5.74, 6) is 0. The first-order chi connectivity index (χ1) is 57.9. The first-order valence-corrected chi connectivity index (χ1v) is 38.9. The molecule has 56 heteroatoms. The summed E-state index contributed by atoms with van der Waals surface area (Å²) in [6.45, 7) is -12.9. The molecule has 0 unspecified atom stereocenters. The average Bonchev–Trinajstić information content (AvgIpc) is 0.766. The van der Waals surface area contributed by atoms with Gasteiger partial charge >= 0.3 is 0 Å². The summed E-state index contributed by atoms with van der Waals surface area (Å²) in [4.78, 5) is 0. The monoisotopic (exact) mass is 1800 g/mol. The van der Waals surface area contributed by atoms with Crippen molar-refractivity contribution in [3.63, 3.8) is 0 Å². The summed E-state index contributed by atoms with van der Waals surface area (Å²) in [5.41, 5.74) is 25.2. The summed E-state index contributed by atoms with van der Waals surface area (Å²) in [5, 5.41) is 349. The SMILES string of the molecule is N[C@H]1[C@@H](O[C@@H]([C@H](O)[C@@H](N)CO)[C@H](O)CO)O[C@H](CO)[C@@H](O[C@@H]2O[C@H](CO[C@H]3O[C@H](CO)[C@@H](O)[C@H](O)[C@@H]3O[C@H]3O[C@H](CO)[C@@H](O[C@@H]4O[C@H](CO)[C@H](O[C@H]5O[C@H](CO)[C@H](O)[C@H](O)[C@H]5O)[C@H](O)[C@H]4O)[C@H](O)[C@H]3N)[C@@H](O)[C@H](O[C@H]3O[C@H](CO)[C@@H](O)[C@H](O)[C@@H]3O[C@H]3O[C@H](CO)[C@@H](O[C@@H]4O[C@H](CO)[C@H](O[C@H]5O[C@H](CO)[C@H](O)[C@H](O)[C@H]5O)[C@H](O)[C@H]4O)[C@H](O)[C@H]3N)[C@@H]2O)[C@@H]1O. The average molecular weight is 1800 g/mol. The van der Waals surface area contributed by atoms with Gasteiger partial charge in [0.05, 0.1) is 103 Å². The zero-order chi connectivity index (χ0) is 89.8. The van der Waals surface area contributed by atoms with E-state index < -0.39 is 411 Å². The second-order valence-electron chi connectivity index (χ2n) is 31.0. The zero-order valence-corrected chi connectivity index (χ0v) is 64.4. The molecule has 0 bridgehead atoms. The van der Waals surface area contributed by atoms with Crippen molar-refractivity contribution in [1.29, 1.82) is 0 Å². The van der Waals surface area contributed by atoms with E-state index in [1.54, 1.807) is 0 Å². The number of hydrogen-bond acceptors (Lipinski definition) is 56. The molecule has 0 radical (unpaired) electrons. The molecule has 0 spiro atoms. The smallest absolute Gasteiger partial charge is 0.187 e. The van der Waals surface area contributed by atoms with Gasteiger partial charge in [0, 0.05) is 0 Å². The summed E-state index contributed by atoms with van der Waals surface area (Å²) in [6, 6.07) is -7.35. The van der Waals surface area contributed by atoms with Crippen LogP contribution in [0.5, 0.6) is 0 Å².